The Morgan fingerprint density at radius 3 is 3.19 bits per heavy atom. The zero-order valence-electron chi connectivity index (χ0n) is 9.16. The van der Waals surface area contributed by atoms with Crippen LogP contribution in [0.1, 0.15) is 19.8 Å². The number of unbranched alkanes of at least 4 members (excludes halogenated alkanes) is 1. The first-order valence-electron chi connectivity index (χ1n) is 5.40. The number of pyridine rings is 2. The number of aromatic amines is 1. The highest BCUT2D eigenvalue weighted by atomic mass is 35.5. The summed E-state index contributed by atoms with van der Waals surface area (Å²) in [5.74, 6) is 0.792. The number of nitrogens with one attached hydrogen (secondary N) is 1. The maximum absolute atomic E-state index is 5.94. The summed E-state index contributed by atoms with van der Waals surface area (Å²) in [5, 5.41) is 1.42. The van der Waals surface area contributed by atoms with Crippen LogP contribution in [-0.2, 0) is 0 Å². The number of hydrogen-bond donors (Lipinski definition) is 0. The summed E-state index contributed by atoms with van der Waals surface area (Å²) >= 11 is 5.94. The number of ether oxygens (including phenoxy) is 1. The Morgan fingerprint density at radius 2 is 2.38 bits per heavy atom. The van der Waals surface area contributed by atoms with Gasteiger partial charge in [0.2, 0.25) is 0 Å². The number of aromatic nitrogens is 2. The third-order valence-electron chi connectivity index (χ3n) is 2.34. The minimum absolute atomic E-state index is 0.463. The molecule has 0 bridgehead atoms. The van der Waals surface area contributed by atoms with E-state index in [1.54, 1.807) is 6.07 Å². The second-order valence-corrected chi connectivity index (χ2v) is 3.98. The minimum Gasteiger partial charge on any atom is -0.493 e. The number of H-pyrrole nitrogens is 1. The van der Waals surface area contributed by atoms with Gasteiger partial charge in [-0.15, -0.1) is 0 Å². The van der Waals surface area contributed by atoms with Gasteiger partial charge in [-0.05, 0) is 6.42 Å². The lowest BCUT2D eigenvalue weighted by Crippen LogP contribution is -2.02. The van der Waals surface area contributed by atoms with Crippen LogP contribution in [0.3, 0.4) is 0 Å². The van der Waals surface area contributed by atoms with Crippen molar-refractivity contribution >= 4 is 22.5 Å². The first kappa shape index (κ1) is 11.1. The van der Waals surface area contributed by atoms with Crippen molar-refractivity contribution in [2.24, 2.45) is 0 Å². The summed E-state index contributed by atoms with van der Waals surface area (Å²) < 4.78 is 5.70. The molecular weight excluding hydrogens is 224 g/mol. The molecule has 0 aliphatic heterocycles. The van der Waals surface area contributed by atoms with Crippen LogP contribution in [-0.4, -0.2) is 11.6 Å². The normalized spacial score (nSPS) is 10.6. The van der Waals surface area contributed by atoms with Crippen molar-refractivity contribution < 1.29 is 9.72 Å². The van der Waals surface area contributed by atoms with E-state index in [1.807, 2.05) is 18.5 Å². The van der Waals surface area contributed by atoms with Gasteiger partial charge in [0.1, 0.15) is 16.3 Å². The lowest BCUT2D eigenvalue weighted by atomic mass is 10.2. The first-order chi connectivity index (χ1) is 7.81. The Hall–Kier alpha value is -1.35. The molecule has 0 fully saturated rings. The summed E-state index contributed by atoms with van der Waals surface area (Å²) in [4.78, 5) is 7.25. The molecule has 1 N–H and O–H groups in total. The van der Waals surface area contributed by atoms with Gasteiger partial charge in [0.05, 0.1) is 12.1 Å². The van der Waals surface area contributed by atoms with E-state index >= 15 is 0 Å². The Morgan fingerprint density at radius 1 is 1.50 bits per heavy atom. The summed E-state index contributed by atoms with van der Waals surface area (Å²) in [6.07, 6.45) is 5.85. The molecule has 0 aliphatic carbocycles. The molecule has 2 aromatic heterocycles. The summed E-state index contributed by atoms with van der Waals surface area (Å²) in [7, 11) is 0. The van der Waals surface area contributed by atoms with E-state index in [4.69, 9.17) is 16.3 Å². The van der Waals surface area contributed by atoms with Crippen molar-refractivity contribution in [3.8, 4) is 5.75 Å². The van der Waals surface area contributed by atoms with Gasteiger partial charge in [-0.2, -0.15) is 0 Å². The van der Waals surface area contributed by atoms with Crippen molar-refractivity contribution in [3.63, 3.8) is 0 Å². The predicted molar refractivity (Wildman–Crippen MR) is 63.7 cm³/mol. The van der Waals surface area contributed by atoms with Gasteiger partial charge in [0, 0.05) is 12.1 Å². The fourth-order valence-electron chi connectivity index (χ4n) is 1.50. The lowest BCUT2D eigenvalue weighted by molar-refractivity contribution is -0.375. The van der Waals surface area contributed by atoms with Crippen molar-refractivity contribution in [2.45, 2.75) is 19.8 Å². The Balaban J connectivity index is 2.34. The van der Waals surface area contributed by atoms with Gasteiger partial charge in [-0.25, -0.2) is 9.97 Å². The molecule has 2 heterocycles. The molecule has 2 rings (SSSR count). The molecule has 0 saturated carbocycles. The Kier molecular flexibility index (Phi) is 3.57. The van der Waals surface area contributed by atoms with E-state index in [9.17, 15) is 0 Å². The van der Waals surface area contributed by atoms with Gasteiger partial charge in [-0.3, -0.25) is 0 Å². The standard InChI is InChI=1S/C12H13ClN2O/c1-2-3-6-16-11-7-12(13)15-10-4-5-14-8-9(10)11/h4-5,7-8H,2-3,6H2,1H3/p+1. The second kappa shape index (κ2) is 5.12. The number of rotatable bonds is 4. The highest BCUT2D eigenvalue weighted by Gasteiger charge is 2.07. The highest BCUT2D eigenvalue weighted by Crippen LogP contribution is 2.26. The average molecular weight is 238 g/mol. The number of halogens is 1. The zero-order chi connectivity index (χ0) is 11.4. The summed E-state index contributed by atoms with van der Waals surface area (Å²) in [6, 6.07) is 3.64. The monoisotopic (exact) mass is 237 g/mol. The molecule has 16 heavy (non-hydrogen) atoms. The fourth-order valence-corrected chi connectivity index (χ4v) is 1.69. The SMILES string of the molecule is CCCCOc1cc(Cl)nc2cc[nH+]cc12. The Bertz CT molecular complexity index is 487. The van der Waals surface area contributed by atoms with Crippen LogP contribution in [0.2, 0.25) is 5.15 Å². The lowest BCUT2D eigenvalue weighted by Gasteiger charge is -2.07. The van der Waals surface area contributed by atoms with Crippen molar-refractivity contribution in [2.75, 3.05) is 6.61 Å². The number of hydrogen-bond acceptors (Lipinski definition) is 2. The van der Waals surface area contributed by atoms with Crippen LogP contribution in [0.5, 0.6) is 5.75 Å². The topological polar surface area (TPSA) is 36.3 Å². The zero-order valence-corrected chi connectivity index (χ0v) is 9.92. The van der Waals surface area contributed by atoms with Crippen molar-refractivity contribution in [1.82, 2.24) is 4.98 Å². The van der Waals surface area contributed by atoms with Gasteiger partial charge < -0.3 is 4.74 Å². The molecule has 0 saturated heterocycles. The van der Waals surface area contributed by atoms with Gasteiger partial charge >= 0.3 is 0 Å². The molecule has 0 spiro atoms. The van der Waals surface area contributed by atoms with Crippen LogP contribution >= 0.6 is 11.6 Å². The fraction of sp³-hybridized carbons (Fsp3) is 0.333. The molecule has 84 valence electrons. The molecule has 0 aromatic carbocycles. The van der Waals surface area contributed by atoms with Crippen molar-refractivity contribution in [1.29, 1.82) is 0 Å². The third kappa shape index (κ3) is 2.42. The van der Waals surface area contributed by atoms with Crippen LogP contribution in [0.25, 0.3) is 10.9 Å². The van der Waals surface area contributed by atoms with Crippen LogP contribution in [0, 0.1) is 0 Å². The van der Waals surface area contributed by atoms with E-state index in [2.05, 4.69) is 16.9 Å². The quantitative estimate of drug-likeness (QED) is 0.606. The molecule has 0 radical (unpaired) electrons. The van der Waals surface area contributed by atoms with Crippen molar-refractivity contribution in [3.05, 3.63) is 29.7 Å². The third-order valence-corrected chi connectivity index (χ3v) is 2.53. The number of nitrogens with zero attached hydrogens (tertiary/aromatic N) is 1. The van der Waals surface area contributed by atoms with Gasteiger partial charge in [0.15, 0.2) is 12.4 Å². The first-order valence-corrected chi connectivity index (χ1v) is 5.78. The molecule has 0 atom stereocenters. The van der Waals surface area contributed by atoms with Crippen LogP contribution < -0.4 is 9.72 Å². The van der Waals surface area contributed by atoms with E-state index in [0.29, 0.717) is 11.8 Å². The summed E-state index contributed by atoms with van der Waals surface area (Å²) in [6.45, 7) is 2.84. The van der Waals surface area contributed by atoms with Gasteiger partial charge in [0.25, 0.3) is 0 Å². The molecule has 0 amide bonds. The van der Waals surface area contributed by atoms with Crippen LogP contribution in [0.15, 0.2) is 24.5 Å². The van der Waals surface area contributed by atoms with E-state index in [1.165, 1.54) is 0 Å². The van der Waals surface area contributed by atoms with E-state index < -0.39 is 0 Å². The predicted octanol–water partition coefficient (Wildman–Crippen LogP) is 2.88. The molecule has 0 unspecified atom stereocenters. The molecule has 0 aliphatic rings. The molecular formula is C12H14ClN2O+. The average Bonchev–Trinajstić information content (AvgIpc) is 2.29. The molecule has 2 aromatic rings. The van der Waals surface area contributed by atoms with E-state index in [0.717, 1.165) is 29.5 Å². The smallest absolute Gasteiger partial charge is 0.180 e. The van der Waals surface area contributed by atoms with E-state index in [-0.39, 0.29) is 0 Å². The summed E-state index contributed by atoms with van der Waals surface area (Å²) in [5.41, 5.74) is 0.845. The maximum atomic E-state index is 5.94. The largest absolute Gasteiger partial charge is 0.493 e. The van der Waals surface area contributed by atoms with Crippen LogP contribution in [0.4, 0.5) is 0 Å². The molecule has 3 nitrogen and oxygen atoms in total. The highest BCUT2D eigenvalue weighted by molar-refractivity contribution is 6.30. The maximum Gasteiger partial charge on any atom is 0.180 e. The Labute approximate surface area is 99.4 Å². The number of fused-ring (bicyclic) bond motifs is 1. The second-order valence-electron chi connectivity index (χ2n) is 3.59. The van der Waals surface area contributed by atoms with Gasteiger partial charge in [-0.1, -0.05) is 24.9 Å². The molecule has 4 heteroatoms. The minimum atomic E-state index is 0.463.